The van der Waals surface area contributed by atoms with Crippen LogP contribution in [0.1, 0.15) is 17.7 Å². The van der Waals surface area contributed by atoms with Gasteiger partial charge in [-0.15, -0.1) is 0 Å². The van der Waals surface area contributed by atoms with Gasteiger partial charge in [0.15, 0.2) is 0 Å². The maximum absolute atomic E-state index is 12.3. The van der Waals surface area contributed by atoms with Crippen molar-refractivity contribution in [3.63, 3.8) is 0 Å². The number of ether oxygens (including phenoxy) is 1. The van der Waals surface area contributed by atoms with Crippen LogP contribution < -0.4 is 8.86 Å². The Bertz CT molecular complexity index is 636. The van der Waals surface area contributed by atoms with Gasteiger partial charge in [0.1, 0.15) is 5.75 Å². The van der Waals surface area contributed by atoms with Gasteiger partial charge in [-0.25, -0.2) is 8.42 Å². The highest BCUT2D eigenvalue weighted by molar-refractivity contribution is 8.09. The number of halogens is 4. The first-order valence-electron chi connectivity index (χ1n) is 5.78. The van der Waals surface area contributed by atoms with E-state index in [1.54, 1.807) is 25.1 Å². The molecule has 10 heteroatoms. The molecule has 2 unspecified atom stereocenters. The topological polar surface area (TPSA) is 55.4 Å². The average molecular weight is 362 g/mol. The highest BCUT2D eigenvalue weighted by atomic mass is 35.5. The number of rotatable bonds is 3. The molecule has 0 aliphatic carbocycles. The number of nitrogens with one attached hydrogen (secondary N) is 1. The van der Waals surface area contributed by atoms with Crippen LogP contribution in [0.15, 0.2) is 18.2 Å². The number of hydrogen-bond donors (Lipinski definition) is 1. The van der Waals surface area contributed by atoms with Crippen LogP contribution in [0.4, 0.5) is 13.2 Å². The van der Waals surface area contributed by atoms with Gasteiger partial charge in [-0.2, -0.15) is 17.3 Å². The number of sulfonamides is 1. The van der Waals surface area contributed by atoms with E-state index in [0.29, 0.717) is 28.3 Å². The van der Waals surface area contributed by atoms with E-state index in [2.05, 4.69) is 0 Å². The first-order chi connectivity index (χ1) is 9.63. The molecule has 0 amide bonds. The van der Waals surface area contributed by atoms with E-state index in [1.165, 1.54) is 4.13 Å². The molecule has 1 aromatic rings. The van der Waals surface area contributed by atoms with Crippen molar-refractivity contribution in [3.05, 3.63) is 28.8 Å². The third-order valence-corrected chi connectivity index (χ3v) is 6.04. The predicted molar refractivity (Wildman–Crippen MR) is 74.6 cm³/mol. The van der Waals surface area contributed by atoms with Gasteiger partial charge in [-0.1, -0.05) is 42.6 Å². The van der Waals surface area contributed by atoms with E-state index < -0.39 is 20.8 Å². The molecule has 1 aliphatic rings. The normalized spacial score (nSPS) is 22.5. The maximum Gasteiger partial charge on any atom is 0.512 e. The molecule has 1 aliphatic heterocycles. The summed E-state index contributed by atoms with van der Waals surface area (Å²) >= 11 is 6.46. The molecule has 1 N–H and O–H groups in total. The van der Waals surface area contributed by atoms with Gasteiger partial charge in [-0.3, -0.25) is 0 Å². The molecule has 0 saturated heterocycles. The molecule has 21 heavy (non-hydrogen) atoms. The number of hydrogen-bond acceptors (Lipinski definition) is 4. The Morgan fingerprint density at radius 2 is 2.10 bits per heavy atom. The fourth-order valence-corrected chi connectivity index (χ4v) is 4.01. The molecule has 0 spiro atoms. The summed E-state index contributed by atoms with van der Waals surface area (Å²) in [5.74, 6) is 0.192. The van der Waals surface area contributed by atoms with Crippen molar-refractivity contribution in [1.82, 2.24) is 4.13 Å². The van der Waals surface area contributed by atoms with Crippen molar-refractivity contribution < 1.29 is 26.3 Å². The largest absolute Gasteiger partial charge is 0.512 e. The lowest BCUT2D eigenvalue weighted by atomic mass is 9.98. The summed E-state index contributed by atoms with van der Waals surface area (Å²) in [7, 11) is -5.39. The second-order valence-corrected chi connectivity index (χ2v) is 7.80. The zero-order chi connectivity index (χ0) is 15.8. The third kappa shape index (κ3) is 3.41. The van der Waals surface area contributed by atoms with Crippen molar-refractivity contribution in [3.8, 4) is 5.75 Å². The molecule has 0 aromatic heterocycles. The Morgan fingerprint density at radius 1 is 1.43 bits per heavy atom. The molecule has 1 aromatic carbocycles. The van der Waals surface area contributed by atoms with Gasteiger partial charge in [0, 0.05) is 11.5 Å². The lowest BCUT2D eigenvalue weighted by Crippen LogP contribution is -2.34. The second-order valence-electron chi connectivity index (χ2n) is 4.52. The number of para-hydroxylation sites is 1. The molecule has 4 nitrogen and oxygen atoms in total. The monoisotopic (exact) mass is 361 g/mol. The fourth-order valence-electron chi connectivity index (χ4n) is 1.85. The van der Waals surface area contributed by atoms with Crippen LogP contribution in [0.2, 0.25) is 5.02 Å². The Balaban J connectivity index is 2.24. The van der Waals surface area contributed by atoms with E-state index in [9.17, 15) is 21.6 Å². The summed E-state index contributed by atoms with van der Waals surface area (Å²) in [6.07, 6.45) is 0. The molecule has 118 valence electrons. The van der Waals surface area contributed by atoms with Crippen LogP contribution >= 0.6 is 23.5 Å². The minimum Gasteiger partial charge on any atom is -0.491 e. The fraction of sp³-hybridized carbons (Fsp3) is 0.455. The van der Waals surface area contributed by atoms with E-state index in [-0.39, 0.29) is 12.5 Å². The van der Waals surface area contributed by atoms with Crippen LogP contribution in [0.25, 0.3) is 0 Å². The molecule has 2 rings (SSSR count). The van der Waals surface area contributed by atoms with Crippen molar-refractivity contribution in [2.24, 2.45) is 5.92 Å². The molecule has 0 fully saturated rings. The Labute approximate surface area is 129 Å². The average Bonchev–Trinajstić information content (AvgIpc) is 2.36. The van der Waals surface area contributed by atoms with E-state index >= 15 is 0 Å². The van der Waals surface area contributed by atoms with E-state index in [1.807, 2.05) is 0 Å². The molecule has 0 radical (unpaired) electrons. The first kappa shape index (κ1) is 16.7. The van der Waals surface area contributed by atoms with Gasteiger partial charge >= 0.3 is 15.5 Å². The minimum absolute atomic E-state index is 0.183. The summed E-state index contributed by atoms with van der Waals surface area (Å²) in [5, 5.41) is -0.187. The predicted octanol–water partition coefficient (Wildman–Crippen LogP) is 3.50. The minimum atomic E-state index is -5.39. The third-order valence-electron chi connectivity index (χ3n) is 2.90. The molecule has 1 heterocycles. The van der Waals surface area contributed by atoms with Crippen LogP contribution in [-0.4, -0.2) is 20.5 Å². The Morgan fingerprint density at radius 3 is 2.71 bits per heavy atom. The van der Waals surface area contributed by atoms with Crippen LogP contribution in [0.5, 0.6) is 5.75 Å². The van der Waals surface area contributed by atoms with Crippen LogP contribution in [-0.2, 0) is 10.0 Å². The highest BCUT2D eigenvalue weighted by Gasteiger charge is 2.46. The van der Waals surface area contributed by atoms with Crippen molar-refractivity contribution in [2.75, 3.05) is 6.61 Å². The summed E-state index contributed by atoms with van der Waals surface area (Å²) in [6.45, 7) is 1.99. The van der Waals surface area contributed by atoms with Crippen molar-refractivity contribution in [2.45, 2.75) is 17.7 Å². The quantitative estimate of drug-likeness (QED) is 0.837. The summed E-state index contributed by atoms with van der Waals surface area (Å²) in [5.41, 5.74) is -4.78. The van der Waals surface area contributed by atoms with E-state index in [0.717, 1.165) is 0 Å². The van der Waals surface area contributed by atoms with Gasteiger partial charge in [0.2, 0.25) is 0 Å². The standard InChI is InChI=1S/C11H11ClF3NO3S2/c1-6-5-19-9-7(3-2-4-8(9)12)10(6)20-16-21(17,18)11(13,14)15/h2-4,6,10,16H,5H2,1H3. The molecule has 2 atom stereocenters. The zero-order valence-corrected chi connectivity index (χ0v) is 13.0. The molecule has 0 saturated carbocycles. The second kappa shape index (κ2) is 5.86. The van der Waals surface area contributed by atoms with Gasteiger partial charge in [0.25, 0.3) is 0 Å². The van der Waals surface area contributed by atoms with Gasteiger partial charge in [0.05, 0.1) is 16.9 Å². The van der Waals surface area contributed by atoms with E-state index in [4.69, 9.17) is 16.3 Å². The Kier molecular flexibility index (Phi) is 4.67. The number of benzene rings is 1. The highest BCUT2D eigenvalue weighted by Crippen LogP contribution is 2.46. The van der Waals surface area contributed by atoms with Crippen LogP contribution in [0, 0.1) is 5.92 Å². The van der Waals surface area contributed by atoms with Gasteiger partial charge < -0.3 is 4.74 Å². The lowest BCUT2D eigenvalue weighted by molar-refractivity contribution is -0.0440. The SMILES string of the molecule is CC1COc2c(Cl)cccc2C1SNS(=O)(=O)C(F)(F)F. The molecular weight excluding hydrogens is 351 g/mol. The van der Waals surface area contributed by atoms with Crippen LogP contribution in [0.3, 0.4) is 0 Å². The molecule has 0 bridgehead atoms. The van der Waals surface area contributed by atoms with Crippen molar-refractivity contribution in [1.29, 1.82) is 0 Å². The number of alkyl halides is 3. The van der Waals surface area contributed by atoms with Gasteiger partial charge in [-0.05, 0) is 6.07 Å². The zero-order valence-electron chi connectivity index (χ0n) is 10.6. The summed E-state index contributed by atoms with van der Waals surface area (Å²) in [6, 6.07) is 4.88. The number of fused-ring (bicyclic) bond motifs is 1. The summed E-state index contributed by atoms with van der Waals surface area (Å²) < 4.78 is 66.1. The summed E-state index contributed by atoms with van der Waals surface area (Å²) in [4.78, 5) is 0. The molecular formula is C11H11ClF3NO3S2. The smallest absolute Gasteiger partial charge is 0.491 e. The first-order valence-corrected chi connectivity index (χ1v) is 8.52. The lowest BCUT2D eigenvalue weighted by Gasteiger charge is -2.31. The maximum atomic E-state index is 12.3. The van der Waals surface area contributed by atoms with Crippen molar-refractivity contribution >= 4 is 33.6 Å². The Hall–Kier alpha value is -0.640.